The lowest BCUT2D eigenvalue weighted by atomic mass is 10.0. The van der Waals surface area contributed by atoms with Crippen LogP contribution >= 0.6 is 12.6 Å². The van der Waals surface area contributed by atoms with Gasteiger partial charge in [-0.25, -0.2) is 0 Å². The molecule has 0 saturated carbocycles. The van der Waals surface area contributed by atoms with Crippen molar-refractivity contribution in [2.24, 2.45) is 0 Å². The minimum absolute atomic E-state index is 0.151. The van der Waals surface area contributed by atoms with Crippen molar-refractivity contribution >= 4 is 24.4 Å². The first kappa shape index (κ1) is 22.3. The third kappa shape index (κ3) is 11.5. The van der Waals surface area contributed by atoms with E-state index in [1.54, 1.807) is 0 Å². The second-order valence-corrected chi connectivity index (χ2v) is 7.58. The van der Waals surface area contributed by atoms with Gasteiger partial charge in [0.05, 0.1) is 0 Å². The van der Waals surface area contributed by atoms with Crippen LogP contribution in [0.1, 0.15) is 96.3 Å². The maximum Gasteiger partial charge on any atom is 0.253 e. The molecule has 1 radical (unpaired) electrons. The number of hydrogen-bond donors (Lipinski definition) is 0. The number of nitrogens with zero attached hydrogens (tertiary/aromatic N) is 1. The van der Waals surface area contributed by atoms with Gasteiger partial charge >= 0.3 is 0 Å². The molecule has 1 rings (SSSR count). The summed E-state index contributed by atoms with van der Waals surface area (Å²) in [6.45, 7) is 0.581. The molecule has 143 valence electrons. The number of amides is 2. The zero-order valence-electron chi connectivity index (χ0n) is 15.8. The van der Waals surface area contributed by atoms with Crippen LogP contribution in [0.5, 0.6) is 0 Å². The molecule has 0 aromatic rings. The summed E-state index contributed by atoms with van der Waals surface area (Å²) >= 11 is 4.95. The highest BCUT2D eigenvalue weighted by Crippen LogP contribution is 2.14. The lowest BCUT2D eigenvalue weighted by Crippen LogP contribution is -2.30. The molecular formula is C21H36NO2S. The molecule has 0 aliphatic carbocycles. The molecule has 0 aromatic heterocycles. The lowest BCUT2D eigenvalue weighted by molar-refractivity contribution is -0.136. The molecule has 0 aromatic carbocycles. The van der Waals surface area contributed by atoms with E-state index >= 15 is 0 Å². The first-order valence-corrected chi connectivity index (χ1v) is 10.9. The highest BCUT2D eigenvalue weighted by atomic mass is 32.1. The van der Waals surface area contributed by atoms with Crippen molar-refractivity contribution in [3.63, 3.8) is 0 Å². The zero-order chi connectivity index (χ0) is 18.2. The topological polar surface area (TPSA) is 37.4 Å². The van der Waals surface area contributed by atoms with E-state index in [1.165, 1.54) is 101 Å². The molecule has 0 unspecified atom stereocenters. The molecule has 1 aliphatic heterocycles. The third-order valence-corrected chi connectivity index (χ3v) is 5.22. The monoisotopic (exact) mass is 366 g/mol. The smallest absolute Gasteiger partial charge is 0.253 e. The molecule has 0 fully saturated rings. The Balaban J connectivity index is 1.73. The van der Waals surface area contributed by atoms with E-state index in [4.69, 9.17) is 12.6 Å². The van der Waals surface area contributed by atoms with Gasteiger partial charge < -0.3 is 0 Å². The maximum atomic E-state index is 11.4. The Bertz CT molecular complexity index is 377. The van der Waals surface area contributed by atoms with Crippen LogP contribution in [-0.2, 0) is 9.59 Å². The molecule has 4 heteroatoms. The van der Waals surface area contributed by atoms with Gasteiger partial charge in [0.1, 0.15) is 0 Å². The molecule has 2 amide bonds. The fraction of sp³-hybridized carbons (Fsp3) is 0.810. The second-order valence-electron chi connectivity index (χ2n) is 7.17. The first-order valence-electron chi connectivity index (χ1n) is 10.4. The minimum atomic E-state index is -0.151. The summed E-state index contributed by atoms with van der Waals surface area (Å²) in [5.41, 5.74) is 0. The summed E-state index contributed by atoms with van der Waals surface area (Å²) < 4.78 is 0. The normalized spacial score (nSPS) is 14.0. The molecule has 0 saturated heterocycles. The Morgan fingerprint density at radius 3 is 1.24 bits per heavy atom. The van der Waals surface area contributed by atoms with Gasteiger partial charge in [0, 0.05) is 24.4 Å². The molecule has 3 nitrogen and oxygen atoms in total. The Kier molecular flexibility index (Phi) is 13.8. The van der Waals surface area contributed by atoms with Gasteiger partial charge in [0.25, 0.3) is 11.8 Å². The summed E-state index contributed by atoms with van der Waals surface area (Å²) in [4.78, 5) is 24.1. The fourth-order valence-electron chi connectivity index (χ4n) is 3.32. The molecule has 0 atom stereocenters. The van der Waals surface area contributed by atoms with Crippen molar-refractivity contribution in [2.75, 3.05) is 12.3 Å². The Morgan fingerprint density at radius 1 is 0.560 bits per heavy atom. The molecule has 0 N–H and O–H groups in total. The number of imide groups is 1. The summed E-state index contributed by atoms with van der Waals surface area (Å²) in [6.07, 6.45) is 22.2. The summed E-state index contributed by atoms with van der Waals surface area (Å²) in [7, 11) is 0. The van der Waals surface area contributed by atoms with Gasteiger partial charge in [-0.15, -0.1) is 0 Å². The second kappa shape index (κ2) is 15.5. The predicted molar refractivity (Wildman–Crippen MR) is 108 cm³/mol. The molecule has 1 heterocycles. The van der Waals surface area contributed by atoms with Crippen molar-refractivity contribution in [2.45, 2.75) is 96.3 Å². The molecular weight excluding hydrogens is 330 g/mol. The Labute approximate surface area is 160 Å². The molecule has 0 spiro atoms. The van der Waals surface area contributed by atoms with E-state index in [2.05, 4.69) is 0 Å². The van der Waals surface area contributed by atoms with Crippen LogP contribution in [0, 0.1) is 0 Å². The average molecular weight is 367 g/mol. The first-order chi connectivity index (χ1) is 12.3. The van der Waals surface area contributed by atoms with E-state index in [0.29, 0.717) is 6.54 Å². The largest absolute Gasteiger partial charge is 0.275 e. The maximum absolute atomic E-state index is 11.4. The average Bonchev–Trinajstić information content (AvgIpc) is 2.93. The Hall–Kier alpha value is -0.770. The minimum Gasteiger partial charge on any atom is -0.275 e. The van der Waals surface area contributed by atoms with Gasteiger partial charge in [-0.05, 0) is 12.8 Å². The molecule has 1 aliphatic rings. The highest BCUT2D eigenvalue weighted by molar-refractivity contribution is 7.80. The van der Waals surface area contributed by atoms with Crippen molar-refractivity contribution in [3.8, 4) is 0 Å². The Morgan fingerprint density at radius 2 is 0.880 bits per heavy atom. The van der Waals surface area contributed by atoms with Gasteiger partial charge in [-0.2, -0.15) is 0 Å². The van der Waals surface area contributed by atoms with Crippen LogP contribution in [0.2, 0.25) is 0 Å². The van der Waals surface area contributed by atoms with Crippen molar-refractivity contribution in [1.29, 1.82) is 0 Å². The number of hydrogen-bond acceptors (Lipinski definition) is 2. The van der Waals surface area contributed by atoms with Crippen LogP contribution in [0.3, 0.4) is 0 Å². The van der Waals surface area contributed by atoms with Gasteiger partial charge in [-0.3, -0.25) is 14.5 Å². The summed E-state index contributed by atoms with van der Waals surface area (Å²) in [6, 6.07) is 0. The number of unbranched alkanes of at least 4 members (excludes halogenated alkanes) is 14. The van der Waals surface area contributed by atoms with E-state index in [0.717, 1.165) is 18.6 Å². The van der Waals surface area contributed by atoms with Crippen LogP contribution in [0.15, 0.2) is 12.2 Å². The van der Waals surface area contributed by atoms with Crippen LogP contribution in [0.25, 0.3) is 0 Å². The number of rotatable bonds is 17. The van der Waals surface area contributed by atoms with E-state index in [-0.39, 0.29) is 11.8 Å². The van der Waals surface area contributed by atoms with Crippen LogP contribution in [-0.4, -0.2) is 29.0 Å². The SMILES string of the molecule is O=C1C=CC(=O)N1CCCCCCCCCCCCCCCCC[S]. The van der Waals surface area contributed by atoms with Gasteiger partial charge in [-0.1, -0.05) is 96.1 Å². The number of carbonyl (C=O) groups is 2. The van der Waals surface area contributed by atoms with Crippen LogP contribution in [0.4, 0.5) is 0 Å². The molecule has 0 bridgehead atoms. The highest BCUT2D eigenvalue weighted by Gasteiger charge is 2.21. The zero-order valence-corrected chi connectivity index (χ0v) is 16.7. The standard InChI is InChI=1S/C21H36NO2S/c23-20-16-17-21(24)22(20)18-14-12-10-8-6-4-2-1-3-5-7-9-11-13-15-19-25/h16-17H,1-15,18-19H2. The quantitative estimate of drug-likeness (QED) is 0.235. The van der Waals surface area contributed by atoms with Gasteiger partial charge in [0.2, 0.25) is 0 Å². The van der Waals surface area contributed by atoms with E-state index in [9.17, 15) is 9.59 Å². The summed E-state index contributed by atoms with van der Waals surface area (Å²) in [5.74, 6) is 0.623. The number of carbonyl (C=O) groups excluding carboxylic acids is 2. The van der Waals surface area contributed by atoms with E-state index in [1.807, 2.05) is 0 Å². The van der Waals surface area contributed by atoms with Crippen molar-refractivity contribution in [3.05, 3.63) is 12.2 Å². The van der Waals surface area contributed by atoms with Crippen molar-refractivity contribution < 1.29 is 9.59 Å². The van der Waals surface area contributed by atoms with Crippen molar-refractivity contribution in [1.82, 2.24) is 4.90 Å². The predicted octanol–water partition coefficient (Wildman–Crippen LogP) is 5.96. The van der Waals surface area contributed by atoms with Crippen LogP contribution < -0.4 is 0 Å². The molecule has 25 heavy (non-hydrogen) atoms. The third-order valence-electron chi connectivity index (χ3n) is 4.93. The van der Waals surface area contributed by atoms with E-state index < -0.39 is 0 Å². The lowest BCUT2D eigenvalue weighted by Gasteiger charge is -2.12. The fourth-order valence-corrected chi connectivity index (χ4v) is 3.53. The summed E-state index contributed by atoms with van der Waals surface area (Å²) in [5, 5.41) is 0. The van der Waals surface area contributed by atoms with Gasteiger partial charge in [0.15, 0.2) is 0 Å².